The Labute approximate surface area is 572 Å². The minimum atomic E-state index is -4.46. The molecule has 4 aromatic carbocycles. The Bertz CT molecular complexity index is 4550. The summed E-state index contributed by atoms with van der Waals surface area (Å²) in [6.07, 6.45) is 7.31. The van der Waals surface area contributed by atoms with Crippen molar-refractivity contribution in [1.82, 2.24) is 38.8 Å². The lowest BCUT2D eigenvalue weighted by Gasteiger charge is -2.14. The van der Waals surface area contributed by atoms with Crippen LogP contribution >= 0.6 is 23.2 Å². The van der Waals surface area contributed by atoms with E-state index < -0.39 is 73.0 Å². The Balaban J connectivity index is 0.000000150. The summed E-state index contributed by atoms with van der Waals surface area (Å²) in [5.41, 5.74) is 15.5. The van der Waals surface area contributed by atoms with Gasteiger partial charge in [0.25, 0.3) is 0 Å². The number of hydrogen-bond donors (Lipinski definition) is 4. The highest BCUT2D eigenvalue weighted by Crippen LogP contribution is 2.35. The average molecular weight is 1430 g/mol. The van der Waals surface area contributed by atoms with Gasteiger partial charge in [-0.2, -0.15) is 13.2 Å². The quantitative estimate of drug-likeness (QED) is 0.0621. The molecule has 4 aliphatic rings. The van der Waals surface area contributed by atoms with Crippen molar-refractivity contribution in [2.75, 3.05) is 7.11 Å². The maximum absolute atomic E-state index is 12.6. The Morgan fingerprint density at radius 3 is 1.12 bits per heavy atom. The molecule has 0 spiro atoms. The minimum Gasteiger partial charge on any atom is -0.481 e. The van der Waals surface area contributed by atoms with Gasteiger partial charge in [0.15, 0.2) is 0 Å². The van der Waals surface area contributed by atoms with Gasteiger partial charge in [-0.3, -0.25) is 9.97 Å². The van der Waals surface area contributed by atoms with Gasteiger partial charge < -0.3 is 4.74 Å². The number of halogens is 5. The fraction of sp³-hybridized carbons (Fsp3) is 0.371. The van der Waals surface area contributed by atoms with Crippen LogP contribution < -0.4 is 23.6 Å². The van der Waals surface area contributed by atoms with Crippen LogP contribution in [0.15, 0.2) is 146 Å². The number of aromatic nitrogens is 4. The zero-order valence-electron chi connectivity index (χ0n) is 54.6. The number of ether oxygens (including phenoxy) is 1. The third kappa shape index (κ3) is 18.7. The van der Waals surface area contributed by atoms with Gasteiger partial charge in [-0.15, -0.1) is 0 Å². The van der Waals surface area contributed by atoms with Crippen LogP contribution in [0.1, 0.15) is 106 Å². The lowest BCUT2D eigenvalue weighted by atomic mass is 10.0. The Morgan fingerprint density at radius 1 is 0.417 bits per heavy atom. The summed E-state index contributed by atoms with van der Waals surface area (Å²) < 4.78 is 150. The Morgan fingerprint density at radius 2 is 0.781 bits per heavy atom. The number of sulfonamides is 4. The standard InChI is InChI=1S/C18H19F3N2O2S.C18H22N2O3S.2C17H19ClN2O2S/c1-11(2)26(24,25)23-16-8-13-4-3-12(7-15(13)9-16)14-5-6-17(22-10-14)18(19,20)21;1-12(2)24(21,22)20-17-9-14-5-4-13(8-16(14)10-17)15-6-7-18(23-3)19-11-15;1-11(2)23(21,22)20-16-8-12-3-4-13(7-14(12)9-16)17-6-5-15(18)10-19-17;1-11(2)23(21,22)20-15-9-12-5-6-13(8-14(12)10-15)16-4-3-7-19-17(16)18/h3-7,10-11,16,23H,8-9H2,1-2H3;4-8,11-12,17,20H,9-10H2,1-3H3;3-7,10-11,16,20H,8-9H2,1-2H3;3-8,11,15,20H,9-10H2,1-2H3/t16-;;;/m0.../s1. The van der Waals surface area contributed by atoms with E-state index in [0.717, 1.165) is 82.0 Å². The molecule has 3 unspecified atom stereocenters. The highest BCUT2D eigenvalue weighted by atomic mass is 35.5. The molecule has 4 N–H and O–H groups in total. The summed E-state index contributed by atoms with van der Waals surface area (Å²) >= 11 is 12.0. The number of pyridine rings is 4. The van der Waals surface area contributed by atoms with Crippen molar-refractivity contribution in [2.24, 2.45) is 0 Å². The molecule has 12 rings (SSSR count). The molecule has 8 aromatic rings. The first kappa shape index (κ1) is 73.5. The van der Waals surface area contributed by atoms with Crippen LogP contribution in [-0.4, -0.2) is 106 Å². The monoisotopic (exact) mass is 1430 g/mol. The Kier molecular flexibility index (Phi) is 23.4. The summed E-state index contributed by atoms with van der Waals surface area (Å²) in [5.74, 6) is 0.586. The molecule has 512 valence electrons. The minimum absolute atomic E-state index is 0.0587. The zero-order valence-corrected chi connectivity index (χ0v) is 59.4. The van der Waals surface area contributed by atoms with Gasteiger partial charge >= 0.3 is 6.18 Å². The Hall–Kier alpha value is -6.71. The first-order valence-electron chi connectivity index (χ1n) is 31.5. The lowest BCUT2D eigenvalue weighted by molar-refractivity contribution is -0.141. The largest absolute Gasteiger partial charge is 0.481 e. The van der Waals surface area contributed by atoms with Crippen molar-refractivity contribution in [3.8, 4) is 50.5 Å². The maximum atomic E-state index is 12.6. The van der Waals surface area contributed by atoms with Crippen molar-refractivity contribution >= 4 is 63.3 Å². The van der Waals surface area contributed by atoms with E-state index in [9.17, 15) is 46.8 Å². The van der Waals surface area contributed by atoms with Crippen LogP contribution in [0.3, 0.4) is 0 Å². The maximum Gasteiger partial charge on any atom is 0.433 e. The molecule has 4 aromatic heterocycles. The average Bonchev–Trinajstić information content (AvgIpc) is 1.80. The molecule has 0 fully saturated rings. The van der Waals surface area contributed by atoms with Crippen LogP contribution in [0.25, 0.3) is 44.6 Å². The first-order chi connectivity index (χ1) is 45.2. The molecule has 0 bridgehead atoms. The van der Waals surface area contributed by atoms with Gasteiger partial charge in [0.1, 0.15) is 10.8 Å². The molecule has 0 amide bonds. The predicted molar refractivity (Wildman–Crippen MR) is 374 cm³/mol. The molecular formula is C70H79Cl2F3N8O9S4. The van der Waals surface area contributed by atoms with Gasteiger partial charge in [0.05, 0.1) is 38.8 Å². The van der Waals surface area contributed by atoms with Crippen LogP contribution in [-0.2, 0) is 97.6 Å². The fourth-order valence-electron chi connectivity index (χ4n) is 11.5. The molecule has 17 nitrogen and oxygen atoms in total. The van der Waals surface area contributed by atoms with Crippen molar-refractivity contribution in [1.29, 1.82) is 0 Å². The molecule has 26 heteroatoms. The number of alkyl halides is 3. The van der Waals surface area contributed by atoms with Crippen LogP contribution in [0.5, 0.6) is 5.88 Å². The molecule has 96 heavy (non-hydrogen) atoms. The van der Waals surface area contributed by atoms with Crippen molar-refractivity contribution < 1.29 is 51.6 Å². The van der Waals surface area contributed by atoms with Gasteiger partial charge in [0, 0.05) is 77.3 Å². The normalized spacial score (nSPS) is 17.4. The molecule has 0 radical (unpaired) electrons. The van der Waals surface area contributed by atoms with Crippen LogP contribution in [0.2, 0.25) is 10.2 Å². The third-order valence-electron chi connectivity index (χ3n) is 17.1. The number of nitrogens with zero attached hydrogens (tertiary/aromatic N) is 4. The number of fused-ring (bicyclic) bond motifs is 4. The van der Waals surface area contributed by atoms with Crippen molar-refractivity contribution in [3.63, 3.8) is 0 Å². The smallest absolute Gasteiger partial charge is 0.433 e. The summed E-state index contributed by atoms with van der Waals surface area (Å²) in [6.45, 7) is 13.4. The van der Waals surface area contributed by atoms with Gasteiger partial charge in [0.2, 0.25) is 46.0 Å². The van der Waals surface area contributed by atoms with E-state index >= 15 is 0 Å². The third-order valence-corrected chi connectivity index (χ3v) is 25.3. The number of methoxy groups -OCH3 is 1. The summed E-state index contributed by atoms with van der Waals surface area (Å²) in [7, 11) is -11.5. The highest BCUT2D eigenvalue weighted by molar-refractivity contribution is 7.90. The highest BCUT2D eigenvalue weighted by Gasteiger charge is 2.34. The van der Waals surface area contributed by atoms with E-state index in [1.807, 2.05) is 66.7 Å². The molecule has 0 aliphatic heterocycles. The molecule has 4 heterocycles. The van der Waals surface area contributed by atoms with Gasteiger partial charge in [-0.25, -0.2) is 62.5 Å². The molecule has 0 saturated carbocycles. The van der Waals surface area contributed by atoms with E-state index in [-0.39, 0.29) is 24.2 Å². The van der Waals surface area contributed by atoms with Crippen LogP contribution in [0.4, 0.5) is 13.2 Å². The molecule has 4 atom stereocenters. The van der Waals surface area contributed by atoms with Gasteiger partial charge in [-0.1, -0.05) is 96.0 Å². The number of rotatable bonds is 17. The van der Waals surface area contributed by atoms with E-state index in [1.54, 1.807) is 81.1 Å². The topological polar surface area (TPSA) is 245 Å². The van der Waals surface area contributed by atoms with E-state index in [0.29, 0.717) is 47.3 Å². The second kappa shape index (κ2) is 30.6. The number of benzene rings is 4. The second-order valence-corrected chi connectivity index (χ2v) is 35.3. The zero-order chi connectivity index (χ0) is 69.7. The molecular weight excluding hydrogens is 1350 g/mol. The molecule has 4 aliphatic carbocycles. The summed E-state index contributed by atoms with van der Waals surface area (Å²) in [6, 6.07) is 37.5. The van der Waals surface area contributed by atoms with Crippen molar-refractivity contribution in [2.45, 2.75) is 158 Å². The number of nitrogens with one attached hydrogen (secondary N) is 4. The number of hydrogen-bond acceptors (Lipinski definition) is 13. The summed E-state index contributed by atoms with van der Waals surface area (Å²) in [5, 5.41) is -0.668. The summed E-state index contributed by atoms with van der Waals surface area (Å²) in [4.78, 5) is 16.2. The SMILES string of the molecule is CC(C)S(=O)(=O)NC1Cc2ccc(-c3ccc(Cl)cn3)cc2C1.CC(C)S(=O)(=O)NC1Cc2ccc(-c3cccnc3Cl)cc2C1.CC(C)S(=O)(=O)N[C@H]1Cc2ccc(-c3ccc(C(F)(F)F)nc3)cc2C1.COc1ccc(-c2ccc3c(c2)CC(NS(=O)(=O)C(C)C)C3)cn1. The van der Waals surface area contributed by atoms with Crippen molar-refractivity contribution in [3.05, 3.63) is 206 Å². The fourth-order valence-corrected chi connectivity index (χ4v) is 15.5. The van der Waals surface area contributed by atoms with E-state index in [4.69, 9.17) is 27.9 Å². The first-order valence-corrected chi connectivity index (χ1v) is 38.4. The predicted octanol–water partition coefficient (Wildman–Crippen LogP) is 12.5. The van der Waals surface area contributed by atoms with E-state index in [1.165, 1.54) is 45.6 Å². The molecule has 0 saturated heterocycles. The second-order valence-electron chi connectivity index (χ2n) is 25.4. The van der Waals surface area contributed by atoms with Crippen LogP contribution in [0, 0.1) is 0 Å². The van der Waals surface area contributed by atoms with Gasteiger partial charge in [-0.05, 0) is 210 Å². The lowest BCUT2D eigenvalue weighted by Crippen LogP contribution is -2.39. The van der Waals surface area contributed by atoms with E-state index in [2.05, 4.69) is 81.3 Å².